The molecule has 10 heteroatoms. The van der Waals surface area contributed by atoms with Crippen LogP contribution < -0.4 is 19.3 Å². The zero-order chi connectivity index (χ0) is 24.9. The summed E-state index contributed by atoms with van der Waals surface area (Å²) in [5.74, 6) is -0.354. The molecule has 0 bridgehead atoms. The number of hydrogen-bond acceptors (Lipinski definition) is 8. The van der Waals surface area contributed by atoms with Crippen molar-refractivity contribution < 1.29 is 28.6 Å². The summed E-state index contributed by atoms with van der Waals surface area (Å²) in [4.78, 5) is 45.1. The van der Waals surface area contributed by atoms with E-state index in [1.54, 1.807) is 40.6 Å². The largest absolute Gasteiger partial charge is 0.495 e. The smallest absolute Gasteiger partial charge is 0.311 e. The van der Waals surface area contributed by atoms with Crippen LogP contribution in [-0.4, -0.2) is 43.5 Å². The molecule has 0 unspecified atom stereocenters. The molecule has 182 valence electrons. The van der Waals surface area contributed by atoms with Crippen molar-refractivity contribution >= 4 is 45.6 Å². The number of aromatic nitrogens is 1. The zero-order valence-electron chi connectivity index (χ0n) is 19.6. The van der Waals surface area contributed by atoms with Gasteiger partial charge in [0.1, 0.15) is 18.1 Å². The van der Waals surface area contributed by atoms with Crippen molar-refractivity contribution in [2.45, 2.75) is 20.0 Å². The van der Waals surface area contributed by atoms with Crippen molar-refractivity contribution in [2.75, 3.05) is 30.6 Å². The van der Waals surface area contributed by atoms with E-state index in [1.165, 1.54) is 37.4 Å². The maximum Gasteiger partial charge on any atom is 0.311 e. The Morgan fingerprint density at radius 1 is 1.09 bits per heavy atom. The molecule has 9 nitrogen and oxygen atoms in total. The third-order valence-corrected chi connectivity index (χ3v) is 6.44. The van der Waals surface area contributed by atoms with E-state index < -0.39 is 11.9 Å². The maximum absolute atomic E-state index is 12.7. The summed E-state index contributed by atoms with van der Waals surface area (Å²) in [6.07, 6.45) is 0.0606. The highest BCUT2D eigenvalue weighted by molar-refractivity contribution is 7.14. The number of para-hydroxylation sites is 4. The van der Waals surface area contributed by atoms with Gasteiger partial charge in [-0.2, -0.15) is 0 Å². The van der Waals surface area contributed by atoms with Gasteiger partial charge in [0.05, 0.1) is 37.2 Å². The van der Waals surface area contributed by atoms with Gasteiger partial charge in [-0.3, -0.25) is 19.3 Å². The Labute approximate surface area is 206 Å². The maximum atomic E-state index is 12.7. The van der Waals surface area contributed by atoms with Gasteiger partial charge in [-0.25, -0.2) is 4.98 Å². The van der Waals surface area contributed by atoms with Crippen LogP contribution in [0, 0.1) is 5.92 Å². The normalized spacial score (nSPS) is 15.1. The second kappa shape index (κ2) is 10.6. The first-order valence-electron chi connectivity index (χ1n) is 10.9. The number of nitrogens with zero attached hydrogens (tertiary/aromatic N) is 3. The van der Waals surface area contributed by atoms with Crippen molar-refractivity contribution in [3.8, 4) is 11.5 Å². The molecule has 1 aliphatic heterocycles. The number of carbonyl (C=O) groups excluding carboxylic acids is 3. The van der Waals surface area contributed by atoms with Gasteiger partial charge in [0, 0.05) is 25.3 Å². The van der Waals surface area contributed by atoms with E-state index in [4.69, 9.17) is 14.2 Å². The lowest BCUT2D eigenvalue weighted by molar-refractivity contribution is -0.149. The first-order chi connectivity index (χ1) is 16.9. The lowest BCUT2D eigenvalue weighted by Crippen LogP contribution is -2.26. The number of amides is 2. The van der Waals surface area contributed by atoms with Crippen molar-refractivity contribution in [1.82, 2.24) is 4.98 Å². The molecule has 2 amide bonds. The quantitative estimate of drug-likeness (QED) is 0.437. The summed E-state index contributed by atoms with van der Waals surface area (Å²) in [5, 5.41) is 2.17. The van der Waals surface area contributed by atoms with Crippen LogP contribution in [0.5, 0.6) is 11.5 Å². The van der Waals surface area contributed by atoms with Crippen LogP contribution in [-0.2, 0) is 25.7 Å². The van der Waals surface area contributed by atoms with Gasteiger partial charge < -0.3 is 19.1 Å². The van der Waals surface area contributed by atoms with Gasteiger partial charge >= 0.3 is 5.97 Å². The van der Waals surface area contributed by atoms with Crippen molar-refractivity contribution in [3.05, 3.63) is 59.6 Å². The fourth-order valence-corrected chi connectivity index (χ4v) is 4.77. The molecule has 2 aromatic carbocycles. The number of esters is 1. The molecule has 1 aliphatic rings. The molecule has 1 atom stereocenters. The molecular formula is C25H25N3O6S. The average molecular weight is 496 g/mol. The lowest BCUT2D eigenvalue weighted by atomic mass is 10.1. The second-order valence-electron chi connectivity index (χ2n) is 7.83. The minimum atomic E-state index is -0.590. The molecule has 0 spiro atoms. The number of hydrogen-bond donors (Lipinski definition) is 0. The summed E-state index contributed by atoms with van der Waals surface area (Å²) in [6.45, 7) is 1.59. The van der Waals surface area contributed by atoms with E-state index in [9.17, 15) is 14.4 Å². The summed E-state index contributed by atoms with van der Waals surface area (Å²) in [7, 11) is 3.07. The first-order valence-corrected chi connectivity index (χ1v) is 11.8. The van der Waals surface area contributed by atoms with Crippen LogP contribution in [0.4, 0.5) is 16.5 Å². The van der Waals surface area contributed by atoms with Gasteiger partial charge in [0.2, 0.25) is 11.8 Å². The summed E-state index contributed by atoms with van der Waals surface area (Å²) < 4.78 is 16.2. The van der Waals surface area contributed by atoms with Crippen LogP contribution >= 0.6 is 11.3 Å². The number of anilines is 3. The highest BCUT2D eigenvalue weighted by Gasteiger charge is 2.37. The predicted octanol–water partition coefficient (Wildman–Crippen LogP) is 3.94. The molecule has 0 aliphatic carbocycles. The number of rotatable bonds is 8. The van der Waals surface area contributed by atoms with Crippen molar-refractivity contribution in [2.24, 2.45) is 5.92 Å². The Morgan fingerprint density at radius 3 is 2.49 bits per heavy atom. The number of ether oxygens (including phenoxy) is 3. The van der Waals surface area contributed by atoms with Crippen molar-refractivity contribution in [3.63, 3.8) is 0 Å². The molecule has 35 heavy (non-hydrogen) atoms. The first kappa shape index (κ1) is 24.2. The van der Waals surface area contributed by atoms with E-state index in [0.717, 1.165) is 0 Å². The van der Waals surface area contributed by atoms with E-state index in [2.05, 4.69) is 4.98 Å². The van der Waals surface area contributed by atoms with E-state index >= 15 is 0 Å². The molecule has 2 heterocycles. The monoisotopic (exact) mass is 495 g/mol. The topological polar surface area (TPSA) is 98.3 Å². The molecular weight excluding hydrogens is 470 g/mol. The molecule has 3 aromatic rings. The predicted molar refractivity (Wildman–Crippen MR) is 131 cm³/mol. The lowest BCUT2D eigenvalue weighted by Gasteiger charge is -2.20. The van der Waals surface area contributed by atoms with Crippen LogP contribution in [0.15, 0.2) is 53.9 Å². The van der Waals surface area contributed by atoms with Gasteiger partial charge in [-0.1, -0.05) is 24.3 Å². The summed E-state index contributed by atoms with van der Waals surface area (Å²) in [6, 6.07) is 14.3. The molecule has 0 radical (unpaired) electrons. The molecule has 1 fully saturated rings. The van der Waals surface area contributed by atoms with E-state index in [1.807, 2.05) is 18.2 Å². The van der Waals surface area contributed by atoms with Crippen LogP contribution in [0.2, 0.25) is 0 Å². The molecule has 0 N–H and O–H groups in total. The van der Waals surface area contributed by atoms with Gasteiger partial charge in [-0.15, -0.1) is 11.3 Å². The Hall–Kier alpha value is -3.92. The molecule has 1 saturated heterocycles. The molecule has 0 saturated carbocycles. The van der Waals surface area contributed by atoms with Gasteiger partial charge in [0.25, 0.3) is 0 Å². The SMILES string of the molecule is COc1ccccc1N1C[C@H](C(=O)OCc2csc(N(C(C)=O)c3ccccc3OC)n2)CC1=O. The Balaban J connectivity index is 1.42. The molecule has 4 rings (SSSR count). The molecule has 1 aromatic heterocycles. The summed E-state index contributed by atoms with van der Waals surface area (Å²) >= 11 is 1.26. The fourth-order valence-electron chi connectivity index (χ4n) is 3.90. The zero-order valence-corrected chi connectivity index (χ0v) is 20.4. The van der Waals surface area contributed by atoms with E-state index in [0.29, 0.717) is 33.7 Å². The Kier molecular flexibility index (Phi) is 7.31. The summed E-state index contributed by atoms with van der Waals surface area (Å²) in [5.41, 5.74) is 1.70. The van der Waals surface area contributed by atoms with Crippen LogP contribution in [0.1, 0.15) is 19.0 Å². The van der Waals surface area contributed by atoms with Crippen LogP contribution in [0.3, 0.4) is 0 Å². The fraction of sp³-hybridized carbons (Fsp3) is 0.280. The standard InChI is InChI=1S/C25H25N3O6S/c1-16(29)28(20-9-5-7-11-22(20)33-3)25-26-18(15-35-25)14-34-24(31)17-12-23(30)27(13-17)19-8-4-6-10-21(19)32-2/h4-11,15,17H,12-14H2,1-3H3/t17-/m1/s1. The number of methoxy groups -OCH3 is 2. The third kappa shape index (κ3) is 5.12. The second-order valence-corrected chi connectivity index (χ2v) is 8.67. The van der Waals surface area contributed by atoms with Crippen LogP contribution in [0.25, 0.3) is 0 Å². The number of benzene rings is 2. The van der Waals surface area contributed by atoms with Gasteiger partial charge in [0.15, 0.2) is 5.13 Å². The Bertz CT molecular complexity index is 1240. The average Bonchev–Trinajstić information content (AvgIpc) is 3.49. The minimum Gasteiger partial charge on any atom is -0.495 e. The third-order valence-electron chi connectivity index (χ3n) is 5.57. The highest BCUT2D eigenvalue weighted by atomic mass is 32.1. The van der Waals surface area contributed by atoms with Crippen molar-refractivity contribution in [1.29, 1.82) is 0 Å². The highest BCUT2D eigenvalue weighted by Crippen LogP contribution is 2.36. The minimum absolute atomic E-state index is 0.0606. The Morgan fingerprint density at radius 2 is 1.77 bits per heavy atom. The van der Waals surface area contributed by atoms with Gasteiger partial charge in [-0.05, 0) is 24.3 Å². The number of thiazole rings is 1. The number of carbonyl (C=O) groups is 3. The van der Waals surface area contributed by atoms with E-state index in [-0.39, 0.29) is 31.4 Å².